The fourth-order valence-corrected chi connectivity index (χ4v) is 9.54. The zero-order valence-electron chi connectivity index (χ0n) is 21.5. The second-order valence-corrected chi connectivity index (χ2v) is 14.0. The van der Waals surface area contributed by atoms with Crippen LogP contribution in [-0.2, 0) is 27.8 Å². The zero-order valence-corrected chi connectivity index (χ0v) is 24.0. The number of hydrogen-bond acceptors (Lipinski definition) is 7. The highest BCUT2D eigenvalue weighted by molar-refractivity contribution is 7.89. The Hall–Kier alpha value is -2.70. The first kappa shape index (κ1) is 26.5. The SMILES string of the molecule is CCCN1CCc2c(sc(NC(=O)C3CCCN3S(=O)(=O)c3ccc(F)cc3)c2-c2nc3ccccc3s2)C1. The second-order valence-electron chi connectivity index (χ2n) is 9.94. The van der Waals surface area contributed by atoms with Crippen molar-refractivity contribution in [2.45, 2.75) is 50.1 Å². The number of aromatic nitrogens is 1. The van der Waals surface area contributed by atoms with Crippen molar-refractivity contribution in [1.82, 2.24) is 14.2 Å². The van der Waals surface area contributed by atoms with Crippen molar-refractivity contribution in [2.75, 3.05) is 25.0 Å². The highest BCUT2D eigenvalue weighted by atomic mass is 32.2. The molecule has 0 spiro atoms. The summed E-state index contributed by atoms with van der Waals surface area (Å²) in [5.74, 6) is -0.851. The van der Waals surface area contributed by atoms with Crippen LogP contribution < -0.4 is 5.32 Å². The lowest BCUT2D eigenvalue weighted by Gasteiger charge is -2.26. The van der Waals surface area contributed by atoms with Crippen LogP contribution in [0.2, 0.25) is 0 Å². The minimum atomic E-state index is -3.95. The van der Waals surface area contributed by atoms with Gasteiger partial charge in [0.1, 0.15) is 21.9 Å². The lowest BCUT2D eigenvalue weighted by molar-refractivity contribution is -0.119. The van der Waals surface area contributed by atoms with E-state index in [9.17, 15) is 17.6 Å². The molecule has 11 heteroatoms. The van der Waals surface area contributed by atoms with E-state index in [-0.39, 0.29) is 17.3 Å². The Morgan fingerprint density at radius 2 is 1.92 bits per heavy atom. The molecule has 7 nitrogen and oxygen atoms in total. The van der Waals surface area contributed by atoms with E-state index < -0.39 is 21.9 Å². The predicted molar refractivity (Wildman–Crippen MR) is 154 cm³/mol. The molecule has 1 amide bonds. The molecule has 2 aromatic carbocycles. The molecule has 0 radical (unpaired) electrons. The fraction of sp³-hybridized carbons (Fsp3) is 0.357. The number of thiazole rings is 1. The molecule has 4 heterocycles. The Balaban J connectivity index is 1.34. The van der Waals surface area contributed by atoms with Gasteiger partial charge in [0.25, 0.3) is 0 Å². The van der Waals surface area contributed by atoms with E-state index in [0.29, 0.717) is 12.8 Å². The molecule has 1 saturated heterocycles. The van der Waals surface area contributed by atoms with Gasteiger partial charge in [0.05, 0.1) is 15.1 Å². The van der Waals surface area contributed by atoms with Crippen molar-refractivity contribution < 1.29 is 17.6 Å². The average Bonchev–Trinajstić information content (AvgIpc) is 3.65. The second kappa shape index (κ2) is 10.7. The number of fused-ring (bicyclic) bond motifs is 2. The number of benzene rings is 2. The van der Waals surface area contributed by atoms with Crippen LogP contribution in [-0.4, -0.2) is 54.2 Å². The Morgan fingerprint density at radius 3 is 2.69 bits per heavy atom. The smallest absolute Gasteiger partial charge is 0.243 e. The van der Waals surface area contributed by atoms with Crippen molar-refractivity contribution >= 4 is 53.8 Å². The molecular formula is C28H29FN4O3S3. The molecule has 1 fully saturated rings. The third kappa shape index (κ3) is 5.02. The molecule has 2 aliphatic heterocycles. The van der Waals surface area contributed by atoms with Crippen LogP contribution in [0.3, 0.4) is 0 Å². The fourth-order valence-electron chi connectivity index (χ4n) is 5.48. The molecule has 1 atom stereocenters. The molecule has 2 aliphatic rings. The van der Waals surface area contributed by atoms with E-state index in [2.05, 4.69) is 17.1 Å². The predicted octanol–water partition coefficient (Wildman–Crippen LogP) is 5.72. The summed E-state index contributed by atoms with van der Waals surface area (Å²) >= 11 is 3.18. The highest BCUT2D eigenvalue weighted by Gasteiger charge is 2.40. The Kier molecular flexibility index (Phi) is 7.28. The van der Waals surface area contributed by atoms with E-state index in [1.54, 1.807) is 22.7 Å². The monoisotopic (exact) mass is 584 g/mol. The number of amides is 1. The van der Waals surface area contributed by atoms with Crippen LogP contribution in [0, 0.1) is 5.82 Å². The van der Waals surface area contributed by atoms with Crippen molar-refractivity contribution in [2.24, 2.45) is 0 Å². The van der Waals surface area contributed by atoms with Crippen molar-refractivity contribution in [3.63, 3.8) is 0 Å². The van der Waals surface area contributed by atoms with Crippen molar-refractivity contribution in [3.8, 4) is 10.6 Å². The summed E-state index contributed by atoms with van der Waals surface area (Å²) in [5, 5.41) is 4.72. The van der Waals surface area contributed by atoms with Crippen LogP contribution in [0.15, 0.2) is 53.4 Å². The van der Waals surface area contributed by atoms with E-state index in [1.165, 1.54) is 26.9 Å². The van der Waals surface area contributed by atoms with Crippen molar-refractivity contribution in [3.05, 3.63) is 64.8 Å². The number of carbonyl (C=O) groups is 1. The molecule has 204 valence electrons. The van der Waals surface area contributed by atoms with Crippen LogP contribution in [0.5, 0.6) is 0 Å². The van der Waals surface area contributed by atoms with Gasteiger partial charge in [-0.3, -0.25) is 9.69 Å². The lowest BCUT2D eigenvalue weighted by atomic mass is 10.0. The van der Waals surface area contributed by atoms with Crippen LogP contribution in [0.1, 0.15) is 36.6 Å². The first-order valence-electron chi connectivity index (χ1n) is 13.2. The summed E-state index contributed by atoms with van der Waals surface area (Å²) in [7, 11) is -3.95. The third-order valence-corrected chi connectivity index (χ3v) is 11.5. The number of carbonyl (C=O) groups excluding carboxylic acids is 1. The topological polar surface area (TPSA) is 82.6 Å². The number of nitrogens with one attached hydrogen (secondary N) is 1. The summed E-state index contributed by atoms with van der Waals surface area (Å²) < 4.78 is 42.5. The maximum absolute atomic E-state index is 13.7. The summed E-state index contributed by atoms with van der Waals surface area (Å²) in [4.78, 5) is 22.2. The molecule has 39 heavy (non-hydrogen) atoms. The molecule has 6 rings (SSSR count). The highest BCUT2D eigenvalue weighted by Crippen LogP contribution is 2.46. The van der Waals surface area contributed by atoms with Gasteiger partial charge in [-0.05, 0) is 74.2 Å². The number of halogens is 1. The van der Waals surface area contributed by atoms with Gasteiger partial charge in [0, 0.05) is 30.1 Å². The van der Waals surface area contributed by atoms with Gasteiger partial charge in [-0.2, -0.15) is 4.31 Å². The van der Waals surface area contributed by atoms with Gasteiger partial charge in [-0.15, -0.1) is 22.7 Å². The number of hydrogen-bond donors (Lipinski definition) is 1. The van der Waals surface area contributed by atoms with Gasteiger partial charge < -0.3 is 5.32 Å². The number of anilines is 1. The largest absolute Gasteiger partial charge is 0.316 e. The lowest BCUT2D eigenvalue weighted by Crippen LogP contribution is -2.43. The van der Waals surface area contributed by atoms with Crippen molar-refractivity contribution in [1.29, 1.82) is 0 Å². The molecule has 1 N–H and O–H groups in total. The van der Waals surface area contributed by atoms with Crippen LogP contribution in [0.25, 0.3) is 20.8 Å². The van der Waals surface area contributed by atoms with E-state index in [0.717, 1.165) is 70.4 Å². The van der Waals surface area contributed by atoms with Crippen LogP contribution >= 0.6 is 22.7 Å². The molecule has 2 aromatic heterocycles. The summed E-state index contributed by atoms with van der Waals surface area (Å²) in [6, 6.07) is 11.9. The molecular weight excluding hydrogens is 556 g/mol. The van der Waals surface area contributed by atoms with Crippen LogP contribution in [0.4, 0.5) is 9.39 Å². The van der Waals surface area contributed by atoms with Gasteiger partial charge >= 0.3 is 0 Å². The van der Waals surface area contributed by atoms with Gasteiger partial charge in [0.15, 0.2) is 0 Å². The molecule has 0 bridgehead atoms. The number of sulfonamides is 1. The number of thiophene rings is 1. The Bertz CT molecular complexity index is 1600. The van der Waals surface area contributed by atoms with Gasteiger partial charge in [-0.1, -0.05) is 19.1 Å². The molecule has 0 aliphatic carbocycles. The average molecular weight is 585 g/mol. The maximum atomic E-state index is 13.7. The normalized spacial score (nSPS) is 18.5. The maximum Gasteiger partial charge on any atom is 0.243 e. The Labute approximate surface area is 235 Å². The summed E-state index contributed by atoms with van der Waals surface area (Å²) in [6.45, 7) is 5.23. The first-order chi connectivity index (χ1) is 18.8. The van der Waals surface area contributed by atoms with Gasteiger partial charge in [-0.25, -0.2) is 17.8 Å². The standard InChI is InChI=1S/C28H29FN4O3S3/c1-2-14-32-16-13-20-24(17-32)38-28(25(20)27-30-21-6-3-4-8-23(21)37-27)31-26(34)22-7-5-15-33(22)39(35,36)19-11-9-18(29)10-12-19/h3-4,6,8-12,22H,2,5,7,13-17H2,1H3,(H,31,34). The van der Waals surface area contributed by atoms with Gasteiger partial charge in [0.2, 0.25) is 15.9 Å². The quantitative estimate of drug-likeness (QED) is 0.300. The third-order valence-electron chi connectivity index (χ3n) is 7.35. The zero-order chi connectivity index (χ0) is 27.1. The van der Waals surface area contributed by atoms with E-state index in [4.69, 9.17) is 4.98 Å². The molecule has 0 saturated carbocycles. The van der Waals surface area contributed by atoms with E-state index in [1.807, 2.05) is 24.3 Å². The first-order valence-corrected chi connectivity index (χ1v) is 16.2. The number of nitrogens with zero attached hydrogens (tertiary/aromatic N) is 3. The molecule has 1 unspecified atom stereocenters. The molecule has 4 aromatic rings. The van der Waals surface area contributed by atoms with E-state index >= 15 is 0 Å². The minimum absolute atomic E-state index is 0.0126. The minimum Gasteiger partial charge on any atom is -0.316 e. The Morgan fingerprint density at radius 1 is 1.13 bits per heavy atom. The summed E-state index contributed by atoms with van der Waals surface area (Å²) in [6.07, 6.45) is 2.96. The summed E-state index contributed by atoms with van der Waals surface area (Å²) in [5.41, 5.74) is 3.11. The number of para-hydroxylation sites is 1. The number of rotatable bonds is 7.